The molecule has 3 aromatic rings. The molecule has 13 nitrogen and oxygen atoms in total. The van der Waals surface area contributed by atoms with Crippen molar-refractivity contribution in [3.8, 4) is 22.8 Å². The van der Waals surface area contributed by atoms with Crippen LogP contribution in [0.2, 0.25) is 0 Å². The number of aliphatic carboxylic acids is 1. The molecule has 3 amide bonds. The first-order chi connectivity index (χ1) is 23.7. The predicted molar refractivity (Wildman–Crippen MR) is 185 cm³/mol. The smallest absolute Gasteiger partial charge is 0.328 e. The van der Waals surface area contributed by atoms with Crippen LogP contribution in [-0.4, -0.2) is 78.2 Å². The standard InChI is InChI=1S/C37H44N4O9/c1-8-27(35(45)46)40-32(42)25-16-23(17-26(25)33(43)41-31(37(3,4)5)34(44)38-20(2)36(47)49-7)50-30-19-28(21-12-10-9-11-13-21)39-29-18-22(48-6)14-15-24(29)30/h9-15,17-20,23,25,27,31H,8,16H2,1-7H3,(H,38,44)(H,40,42)(H,41,43)(H,45,46)/t20-,23?,25?,27-,31+/m0/s1. The van der Waals surface area contributed by atoms with Crippen molar-refractivity contribution in [2.24, 2.45) is 11.3 Å². The van der Waals surface area contributed by atoms with Gasteiger partial charge in [-0.05, 0) is 37.0 Å². The Hall–Kier alpha value is -5.46. The molecule has 13 heteroatoms. The Morgan fingerprint density at radius 1 is 0.980 bits per heavy atom. The first kappa shape index (κ1) is 37.4. The maximum absolute atomic E-state index is 14.0. The van der Waals surface area contributed by atoms with Crippen LogP contribution in [0.15, 0.2) is 66.2 Å². The van der Waals surface area contributed by atoms with E-state index >= 15 is 0 Å². The van der Waals surface area contributed by atoms with Gasteiger partial charge in [0.05, 0.1) is 31.3 Å². The van der Waals surface area contributed by atoms with Gasteiger partial charge in [-0.1, -0.05) is 58.0 Å². The summed E-state index contributed by atoms with van der Waals surface area (Å²) in [6, 6.07) is 13.4. The van der Waals surface area contributed by atoms with Gasteiger partial charge in [-0.25, -0.2) is 14.6 Å². The number of fused-ring (bicyclic) bond motifs is 1. The lowest BCUT2D eigenvalue weighted by molar-refractivity contribution is -0.145. The second-order valence-corrected chi connectivity index (χ2v) is 13.2. The van der Waals surface area contributed by atoms with Gasteiger partial charge in [-0.2, -0.15) is 0 Å². The zero-order chi connectivity index (χ0) is 36.7. The molecule has 266 valence electrons. The molecule has 0 radical (unpaired) electrons. The number of hydrogen-bond donors (Lipinski definition) is 4. The summed E-state index contributed by atoms with van der Waals surface area (Å²) < 4.78 is 16.6. The molecule has 0 fully saturated rings. The average molecular weight is 689 g/mol. The van der Waals surface area contributed by atoms with E-state index in [9.17, 15) is 29.1 Å². The van der Waals surface area contributed by atoms with E-state index < -0.39 is 65.2 Å². The summed E-state index contributed by atoms with van der Waals surface area (Å²) in [5.74, 6) is -3.94. The number of carbonyl (C=O) groups excluding carboxylic acids is 4. The van der Waals surface area contributed by atoms with Crippen molar-refractivity contribution in [3.05, 3.63) is 66.2 Å². The van der Waals surface area contributed by atoms with Gasteiger partial charge in [0, 0.05) is 35.1 Å². The van der Waals surface area contributed by atoms with Crippen molar-refractivity contribution in [3.63, 3.8) is 0 Å². The Balaban J connectivity index is 1.72. The Bertz CT molecular complexity index is 1780. The molecule has 5 atom stereocenters. The number of methoxy groups -OCH3 is 2. The molecule has 0 saturated carbocycles. The summed E-state index contributed by atoms with van der Waals surface area (Å²) in [5.41, 5.74) is 1.27. The number of nitrogens with zero attached hydrogens (tertiary/aromatic N) is 1. The monoisotopic (exact) mass is 688 g/mol. The van der Waals surface area contributed by atoms with E-state index in [4.69, 9.17) is 19.2 Å². The van der Waals surface area contributed by atoms with E-state index in [1.165, 1.54) is 20.1 Å². The molecule has 2 aromatic carbocycles. The molecule has 1 aliphatic carbocycles. The summed E-state index contributed by atoms with van der Waals surface area (Å²) in [6.07, 6.45) is 0.859. The predicted octanol–water partition coefficient (Wildman–Crippen LogP) is 3.79. The van der Waals surface area contributed by atoms with Gasteiger partial charge in [-0.15, -0.1) is 0 Å². The Morgan fingerprint density at radius 3 is 2.28 bits per heavy atom. The van der Waals surface area contributed by atoms with Crippen LogP contribution in [0, 0.1) is 11.3 Å². The van der Waals surface area contributed by atoms with Crippen LogP contribution in [0.4, 0.5) is 0 Å². The van der Waals surface area contributed by atoms with Crippen molar-refractivity contribution >= 4 is 40.6 Å². The molecule has 1 aliphatic rings. The first-order valence-electron chi connectivity index (χ1n) is 16.3. The van der Waals surface area contributed by atoms with Gasteiger partial charge in [0.25, 0.3) is 0 Å². The number of carbonyl (C=O) groups is 5. The summed E-state index contributed by atoms with van der Waals surface area (Å²) >= 11 is 0. The van der Waals surface area contributed by atoms with Crippen molar-refractivity contribution in [2.45, 2.75) is 71.7 Å². The highest BCUT2D eigenvalue weighted by atomic mass is 16.5. The fourth-order valence-corrected chi connectivity index (χ4v) is 5.66. The number of carboxylic acid groups (broad SMARTS) is 1. The molecule has 4 N–H and O–H groups in total. The number of rotatable bonds is 13. The van der Waals surface area contributed by atoms with Crippen LogP contribution >= 0.6 is 0 Å². The minimum absolute atomic E-state index is 0.0109. The third kappa shape index (κ3) is 8.76. The normalized spacial score (nSPS) is 17.5. The van der Waals surface area contributed by atoms with Crippen LogP contribution in [0.5, 0.6) is 11.5 Å². The lowest BCUT2D eigenvalue weighted by atomic mass is 9.85. The number of ether oxygens (including phenoxy) is 3. The number of hydrogen-bond acceptors (Lipinski definition) is 9. The SMILES string of the molecule is CC[C@H](NC(=O)C1CC(Oc2cc(-c3ccccc3)nc3cc(OC)ccc23)C=C1C(=O)N[C@H](C(=O)N[C@@H](C)C(=O)OC)C(C)(C)C)C(=O)O. The Labute approximate surface area is 290 Å². The molecule has 1 aromatic heterocycles. The van der Waals surface area contributed by atoms with Crippen molar-refractivity contribution in [1.29, 1.82) is 0 Å². The first-order valence-corrected chi connectivity index (χ1v) is 16.3. The number of aromatic nitrogens is 1. The number of esters is 1. The maximum atomic E-state index is 14.0. The van der Waals surface area contributed by atoms with Crippen LogP contribution in [0.1, 0.15) is 47.5 Å². The summed E-state index contributed by atoms with van der Waals surface area (Å²) in [5, 5.41) is 18.1. The van der Waals surface area contributed by atoms with Gasteiger partial charge in [0.2, 0.25) is 17.7 Å². The second-order valence-electron chi connectivity index (χ2n) is 13.2. The van der Waals surface area contributed by atoms with E-state index in [1.54, 1.807) is 53.0 Å². The van der Waals surface area contributed by atoms with Gasteiger partial charge in [0.15, 0.2) is 0 Å². The van der Waals surface area contributed by atoms with Crippen LogP contribution in [0.3, 0.4) is 0 Å². The quantitative estimate of drug-likeness (QED) is 0.193. The number of pyridine rings is 1. The third-order valence-corrected chi connectivity index (χ3v) is 8.45. The minimum Gasteiger partial charge on any atom is -0.497 e. The molecule has 1 heterocycles. The van der Waals surface area contributed by atoms with Crippen LogP contribution in [0.25, 0.3) is 22.2 Å². The third-order valence-electron chi connectivity index (χ3n) is 8.45. The highest BCUT2D eigenvalue weighted by Crippen LogP contribution is 2.36. The fourth-order valence-electron chi connectivity index (χ4n) is 5.66. The fraction of sp³-hybridized carbons (Fsp3) is 0.405. The molecule has 50 heavy (non-hydrogen) atoms. The summed E-state index contributed by atoms with van der Waals surface area (Å²) in [7, 11) is 2.76. The van der Waals surface area contributed by atoms with E-state index in [1.807, 2.05) is 36.4 Å². The van der Waals surface area contributed by atoms with E-state index in [0.29, 0.717) is 28.1 Å². The average Bonchev–Trinajstić information content (AvgIpc) is 3.52. The highest BCUT2D eigenvalue weighted by Gasteiger charge is 2.41. The zero-order valence-corrected chi connectivity index (χ0v) is 29.2. The molecule has 0 spiro atoms. The number of carboxylic acids is 1. The van der Waals surface area contributed by atoms with Crippen molar-refractivity contribution in [2.75, 3.05) is 14.2 Å². The molecule has 0 saturated heterocycles. The van der Waals surface area contributed by atoms with Gasteiger partial charge in [0.1, 0.15) is 35.7 Å². The Morgan fingerprint density at radius 2 is 1.68 bits per heavy atom. The largest absolute Gasteiger partial charge is 0.497 e. The van der Waals surface area contributed by atoms with Gasteiger partial charge >= 0.3 is 11.9 Å². The number of benzene rings is 2. The van der Waals surface area contributed by atoms with Crippen LogP contribution < -0.4 is 25.4 Å². The Kier molecular flexibility index (Phi) is 11.8. The van der Waals surface area contributed by atoms with Gasteiger partial charge in [-0.3, -0.25) is 14.4 Å². The highest BCUT2D eigenvalue weighted by molar-refractivity contribution is 6.03. The second kappa shape index (κ2) is 15.8. The van der Waals surface area contributed by atoms with E-state index in [-0.39, 0.29) is 18.4 Å². The molecule has 0 aliphatic heterocycles. The van der Waals surface area contributed by atoms with E-state index in [0.717, 1.165) is 5.56 Å². The minimum atomic E-state index is -1.21. The van der Waals surface area contributed by atoms with Gasteiger partial charge < -0.3 is 35.3 Å². The molecular weight excluding hydrogens is 644 g/mol. The zero-order valence-electron chi connectivity index (χ0n) is 29.2. The molecule has 2 unspecified atom stereocenters. The number of amides is 3. The van der Waals surface area contributed by atoms with Crippen molar-refractivity contribution in [1.82, 2.24) is 20.9 Å². The molecule has 4 rings (SSSR count). The lowest BCUT2D eigenvalue weighted by Gasteiger charge is -2.31. The van der Waals surface area contributed by atoms with E-state index in [2.05, 4.69) is 16.0 Å². The topological polar surface area (TPSA) is 182 Å². The summed E-state index contributed by atoms with van der Waals surface area (Å²) in [4.78, 5) is 69.5. The molecular formula is C37H44N4O9. The number of nitrogens with one attached hydrogen (secondary N) is 3. The molecule has 0 bridgehead atoms. The van der Waals surface area contributed by atoms with Crippen molar-refractivity contribution < 1.29 is 43.3 Å². The van der Waals surface area contributed by atoms with Crippen LogP contribution in [-0.2, 0) is 28.7 Å². The lowest BCUT2D eigenvalue weighted by Crippen LogP contribution is -2.56. The maximum Gasteiger partial charge on any atom is 0.328 e. The summed E-state index contributed by atoms with van der Waals surface area (Å²) in [6.45, 7) is 8.31.